The third kappa shape index (κ3) is 4.00. The SMILES string of the molecule is CC(C)OC(=O)c1ccn(Cc2ncn(-c3ccccc3)n2)c(=O)c1. The van der Waals surface area contributed by atoms with Gasteiger partial charge < -0.3 is 9.30 Å². The summed E-state index contributed by atoms with van der Waals surface area (Å²) in [5, 5.41) is 4.37. The molecule has 0 fully saturated rings. The summed E-state index contributed by atoms with van der Waals surface area (Å²) in [6, 6.07) is 12.4. The van der Waals surface area contributed by atoms with Gasteiger partial charge in [-0.2, -0.15) is 0 Å². The summed E-state index contributed by atoms with van der Waals surface area (Å²) in [5.41, 5.74) is 0.812. The minimum Gasteiger partial charge on any atom is -0.459 e. The van der Waals surface area contributed by atoms with Gasteiger partial charge in [-0.25, -0.2) is 14.5 Å². The molecule has 0 aliphatic heterocycles. The molecule has 128 valence electrons. The molecule has 0 saturated carbocycles. The number of carbonyl (C=O) groups excluding carboxylic acids is 1. The van der Waals surface area contributed by atoms with Crippen LogP contribution in [0.1, 0.15) is 30.0 Å². The number of benzene rings is 1. The highest BCUT2D eigenvalue weighted by molar-refractivity contribution is 5.89. The van der Waals surface area contributed by atoms with Gasteiger partial charge in [0.15, 0.2) is 5.82 Å². The Morgan fingerprint density at radius 3 is 2.64 bits per heavy atom. The number of pyridine rings is 1. The van der Waals surface area contributed by atoms with Gasteiger partial charge in [0.2, 0.25) is 0 Å². The van der Waals surface area contributed by atoms with E-state index in [4.69, 9.17) is 4.74 Å². The molecule has 0 radical (unpaired) electrons. The lowest BCUT2D eigenvalue weighted by Gasteiger charge is -2.08. The number of hydrogen-bond acceptors (Lipinski definition) is 5. The summed E-state index contributed by atoms with van der Waals surface area (Å²) in [5.74, 6) is -0.00538. The average molecular weight is 338 g/mol. The Kier molecular flexibility index (Phi) is 4.74. The molecule has 0 N–H and O–H groups in total. The van der Waals surface area contributed by atoms with Crippen LogP contribution in [0, 0.1) is 0 Å². The first kappa shape index (κ1) is 16.6. The van der Waals surface area contributed by atoms with E-state index in [-0.39, 0.29) is 23.8 Å². The number of esters is 1. The zero-order valence-electron chi connectivity index (χ0n) is 14.0. The van der Waals surface area contributed by atoms with Gasteiger partial charge in [-0.3, -0.25) is 4.79 Å². The fourth-order valence-electron chi connectivity index (χ4n) is 2.27. The van der Waals surface area contributed by atoms with Gasteiger partial charge in [0.1, 0.15) is 6.33 Å². The molecule has 1 aromatic carbocycles. The highest BCUT2D eigenvalue weighted by atomic mass is 16.5. The van der Waals surface area contributed by atoms with E-state index >= 15 is 0 Å². The largest absolute Gasteiger partial charge is 0.459 e. The van der Waals surface area contributed by atoms with Crippen molar-refractivity contribution in [1.29, 1.82) is 0 Å². The molecule has 0 spiro atoms. The van der Waals surface area contributed by atoms with E-state index in [9.17, 15) is 9.59 Å². The maximum Gasteiger partial charge on any atom is 0.338 e. The molecule has 0 bridgehead atoms. The molecule has 0 unspecified atom stereocenters. The summed E-state index contributed by atoms with van der Waals surface area (Å²) in [6.45, 7) is 3.74. The standard InChI is InChI=1S/C18H18N4O3/c1-13(2)25-18(24)14-8-9-21(17(23)10-14)11-16-19-12-22(20-16)15-6-4-3-5-7-15/h3-10,12-13H,11H2,1-2H3. The molecule has 3 aromatic rings. The lowest BCUT2D eigenvalue weighted by molar-refractivity contribution is 0.0377. The topological polar surface area (TPSA) is 79.0 Å². The van der Waals surface area contributed by atoms with E-state index < -0.39 is 5.97 Å². The van der Waals surface area contributed by atoms with E-state index in [0.29, 0.717) is 5.82 Å². The van der Waals surface area contributed by atoms with Crippen LogP contribution in [0.25, 0.3) is 5.69 Å². The molecule has 0 aliphatic carbocycles. The van der Waals surface area contributed by atoms with E-state index in [1.165, 1.54) is 10.6 Å². The Labute approximate surface area is 144 Å². The van der Waals surface area contributed by atoms with Crippen LogP contribution in [-0.2, 0) is 11.3 Å². The van der Waals surface area contributed by atoms with Crippen LogP contribution in [0.2, 0.25) is 0 Å². The lowest BCUT2D eigenvalue weighted by Crippen LogP contribution is -2.22. The number of para-hydroxylation sites is 1. The monoisotopic (exact) mass is 338 g/mol. The summed E-state index contributed by atoms with van der Waals surface area (Å²) >= 11 is 0. The second-order valence-electron chi connectivity index (χ2n) is 5.78. The molecule has 7 heteroatoms. The third-order valence-corrected chi connectivity index (χ3v) is 3.45. The summed E-state index contributed by atoms with van der Waals surface area (Å²) < 4.78 is 8.18. The van der Waals surface area contributed by atoms with Crippen LogP contribution >= 0.6 is 0 Å². The molecule has 2 aromatic heterocycles. The minimum atomic E-state index is -0.509. The Hall–Kier alpha value is -3.22. The number of nitrogens with zero attached hydrogens (tertiary/aromatic N) is 4. The number of rotatable bonds is 5. The van der Waals surface area contributed by atoms with Gasteiger partial charge in [-0.1, -0.05) is 18.2 Å². The van der Waals surface area contributed by atoms with E-state index in [1.54, 1.807) is 37.1 Å². The molecule has 0 amide bonds. The van der Waals surface area contributed by atoms with Crippen molar-refractivity contribution in [2.24, 2.45) is 0 Å². The van der Waals surface area contributed by atoms with Gasteiger partial charge in [0, 0.05) is 12.3 Å². The summed E-state index contributed by atoms with van der Waals surface area (Å²) in [4.78, 5) is 28.3. The zero-order valence-corrected chi connectivity index (χ0v) is 14.0. The second-order valence-corrected chi connectivity index (χ2v) is 5.78. The van der Waals surface area contributed by atoms with Gasteiger partial charge in [-0.15, -0.1) is 5.10 Å². The predicted molar refractivity (Wildman–Crippen MR) is 91.7 cm³/mol. The quantitative estimate of drug-likeness (QED) is 0.665. The number of aromatic nitrogens is 4. The van der Waals surface area contributed by atoms with E-state index in [2.05, 4.69) is 10.1 Å². The molecular weight excluding hydrogens is 320 g/mol. The van der Waals surface area contributed by atoms with Crippen LogP contribution in [0.3, 0.4) is 0 Å². The first-order valence-corrected chi connectivity index (χ1v) is 7.90. The molecule has 25 heavy (non-hydrogen) atoms. The molecule has 2 heterocycles. The van der Waals surface area contributed by atoms with Crippen LogP contribution in [0.15, 0.2) is 59.8 Å². The number of carbonyl (C=O) groups is 1. The summed E-state index contributed by atoms with van der Waals surface area (Å²) in [7, 11) is 0. The minimum absolute atomic E-state index is 0.220. The van der Waals surface area contributed by atoms with Crippen molar-refractivity contribution in [3.8, 4) is 5.69 Å². The Bertz CT molecular complexity index is 929. The lowest BCUT2D eigenvalue weighted by atomic mass is 10.2. The molecule has 3 rings (SSSR count). The van der Waals surface area contributed by atoms with Crippen molar-refractivity contribution in [2.75, 3.05) is 0 Å². The molecule has 7 nitrogen and oxygen atoms in total. The Morgan fingerprint density at radius 2 is 1.96 bits per heavy atom. The molecule has 0 saturated heterocycles. The average Bonchev–Trinajstić information content (AvgIpc) is 3.05. The predicted octanol–water partition coefficient (Wildman–Crippen LogP) is 2.04. The first-order chi connectivity index (χ1) is 12.0. The molecule has 0 atom stereocenters. The maximum atomic E-state index is 12.2. The summed E-state index contributed by atoms with van der Waals surface area (Å²) in [6.07, 6.45) is 2.91. The van der Waals surface area contributed by atoms with Crippen LogP contribution < -0.4 is 5.56 Å². The third-order valence-electron chi connectivity index (χ3n) is 3.45. The zero-order chi connectivity index (χ0) is 17.8. The first-order valence-electron chi connectivity index (χ1n) is 7.90. The van der Waals surface area contributed by atoms with Crippen LogP contribution in [0.4, 0.5) is 0 Å². The highest BCUT2D eigenvalue weighted by Gasteiger charge is 2.11. The van der Waals surface area contributed by atoms with Crippen molar-refractivity contribution in [3.05, 3.63) is 76.7 Å². The van der Waals surface area contributed by atoms with Crippen molar-refractivity contribution in [3.63, 3.8) is 0 Å². The van der Waals surface area contributed by atoms with E-state index in [1.807, 2.05) is 30.3 Å². The highest BCUT2D eigenvalue weighted by Crippen LogP contribution is 2.06. The van der Waals surface area contributed by atoms with Crippen molar-refractivity contribution < 1.29 is 9.53 Å². The smallest absolute Gasteiger partial charge is 0.338 e. The van der Waals surface area contributed by atoms with Crippen molar-refractivity contribution >= 4 is 5.97 Å². The fraction of sp³-hybridized carbons (Fsp3) is 0.222. The Morgan fingerprint density at radius 1 is 1.20 bits per heavy atom. The fourth-order valence-corrected chi connectivity index (χ4v) is 2.27. The molecular formula is C18H18N4O3. The second kappa shape index (κ2) is 7.12. The van der Waals surface area contributed by atoms with Gasteiger partial charge in [0.25, 0.3) is 5.56 Å². The van der Waals surface area contributed by atoms with Gasteiger partial charge in [-0.05, 0) is 32.0 Å². The number of ether oxygens (including phenoxy) is 1. The Balaban J connectivity index is 1.77. The normalized spacial score (nSPS) is 10.8. The molecule has 0 aliphatic rings. The van der Waals surface area contributed by atoms with Crippen LogP contribution in [-0.4, -0.2) is 31.4 Å². The maximum absolute atomic E-state index is 12.2. The van der Waals surface area contributed by atoms with Crippen LogP contribution in [0.5, 0.6) is 0 Å². The van der Waals surface area contributed by atoms with Crippen molar-refractivity contribution in [2.45, 2.75) is 26.5 Å². The van der Waals surface area contributed by atoms with Gasteiger partial charge in [0.05, 0.1) is 23.9 Å². The van der Waals surface area contributed by atoms with E-state index in [0.717, 1.165) is 5.69 Å². The number of hydrogen-bond donors (Lipinski definition) is 0. The van der Waals surface area contributed by atoms with Crippen molar-refractivity contribution in [1.82, 2.24) is 19.3 Å². The van der Waals surface area contributed by atoms with Gasteiger partial charge >= 0.3 is 5.97 Å².